The Hall–Kier alpha value is -0.290. The zero-order valence-corrected chi connectivity index (χ0v) is 7.27. The average molecular weight is 197 g/mol. The van der Waals surface area contributed by atoms with Gasteiger partial charge in [0, 0.05) is 19.5 Å². The summed E-state index contributed by atoms with van der Waals surface area (Å²) in [5.41, 5.74) is 0. The normalized spacial score (nSPS) is 29.5. The van der Waals surface area contributed by atoms with Gasteiger partial charge in [-0.2, -0.15) is 13.2 Å². The van der Waals surface area contributed by atoms with Crippen LogP contribution in [0.5, 0.6) is 0 Å². The SMILES string of the molecule is OC1CNCC1CCCC(F)(F)F. The van der Waals surface area contributed by atoms with Crippen molar-refractivity contribution in [1.29, 1.82) is 0 Å². The summed E-state index contributed by atoms with van der Waals surface area (Å²) < 4.78 is 35.2. The molecular weight excluding hydrogens is 183 g/mol. The van der Waals surface area contributed by atoms with Crippen molar-refractivity contribution in [2.24, 2.45) is 5.92 Å². The van der Waals surface area contributed by atoms with Gasteiger partial charge in [-0.05, 0) is 18.8 Å². The molecule has 1 fully saturated rings. The first-order valence-corrected chi connectivity index (χ1v) is 4.44. The third-order valence-corrected chi connectivity index (χ3v) is 2.34. The van der Waals surface area contributed by atoms with Crippen LogP contribution in [0, 0.1) is 5.92 Å². The number of alkyl halides is 3. The first-order valence-electron chi connectivity index (χ1n) is 4.44. The van der Waals surface area contributed by atoms with Crippen molar-refractivity contribution in [2.75, 3.05) is 13.1 Å². The van der Waals surface area contributed by atoms with Crippen molar-refractivity contribution in [2.45, 2.75) is 31.5 Å². The summed E-state index contributed by atoms with van der Waals surface area (Å²) in [5.74, 6) is 0.00218. The highest BCUT2D eigenvalue weighted by Crippen LogP contribution is 2.25. The van der Waals surface area contributed by atoms with E-state index in [1.165, 1.54) is 0 Å². The Morgan fingerprint density at radius 2 is 2.00 bits per heavy atom. The Balaban J connectivity index is 2.12. The van der Waals surface area contributed by atoms with Crippen LogP contribution >= 0.6 is 0 Å². The minimum Gasteiger partial charge on any atom is -0.391 e. The first kappa shape index (κ1) is 10.8. The van der Waals surface area contributed by atoms with Crippen molar-refractivity contribution in [3.05, 3.63) is 0 Å². The topological polar surface area (TPSA) is 32.3 Å². The zero-order valence-electron chi connectivity index (χ0n) is 7.27. The molecule has 2 atom stereocenters. The second-order valence-electron chi connectivity index (χ2n) is 3.49. The molecule has 0 aromatic heterocycles. The lowest BCUT2D eigenvalue weighted by atomic mass is 9.99. The molecule has 0 radical (unpaired) electrons. The van der Waals surface area contributed by atoms with E-state index >= 15 is 0 Å². The van der Waals surface area contributed by atoms with Gasteiger partial charge in [-0.1, -0.05) is 0 Å². The van der Waals surface area contributed by atoms with E-state index in [2.05, 4.69) is 5.32 Å². The second-order valence-corrected chi connectivity index (χ2v) is 3.49. The van der Waals surface area contributed by atoms with E-state index in [1.54, 1.807) is 0 Å². The fourth-order valence-corrected chi connectivity index (χ4v) is 1.58. The van der Waals surface area contributed by atoms with Gasteiger partial charge in [-0.25, -0.2) is 0 Å². The molecule has 1 rings (SSSR count). The van der Waals surface area contributed by atoms with Gasteiger partial charge in [0.1, 0.15) is 0 Å². The zero-order chi connectivity index (χ0) is 9.90. The summed E-state index contributed by atoms with van der Waals surface area (Å²) in [5, 5.41) is 12.2. The molecule has 0 aromatic carbocycles. The number of aliphatic hydroxyl groups is 1. The number of halogens is 3. The molecule has 2 N–H and O–H groups in total. The summed E-state index contributed by atoms with van der Waals surface area (Å²) in [6.07, 6.45) is -4.69. The van der Waals surface area contributed by atoms with Crippen molar-refractivity contribution in [3.8, 4) is 0 Å². The van der Waals surface area contributed by atoms with Gasteiger partial charge in [-0.3, -0.25) is 0 Å². The van der Waals surface area contributed by atoms with Gasteiger partial charge in [0.25, 0.3) is 0 Å². The molecule has 0 bridgehead atoms. The summed E-state index contributed by atoms with van der Waals surface area (Å²) in [4.78, 5) is 0. The highest BCUT2D eigenvalue weighted by Gasteiger charge is 2.29. The molecule has 1 aliphatic rings. The van der Waals surface area contributed by atoms with Gasteiger partial charge < -0.3 is 10.4 Å². The Morgan fingerprint density at radius 3 is 2.46 bits per heavy atom. The van der Waals surface area contributed by atoms with Gasteiger partial charge in [0.05, 0.1) is 6.10 Å². The highest BCUT2D eigenvalue weighted by atomic mass is 19.4. The third-order valence-electron chi connectivity index (χ3n) is 2.34. The number of hydrogen-bond donors (Lipinski definition) is 2. The minimum atomic E-state index is -4.06. The molecule has 0 spiro atoms. The fraction of sp³-hybridized carbons (Fsp3) is 1.00. The standard InChI is InChI=1S/C8H14F3NO/c9-8(10,11)3-1-2-6-4-12-5-7(6)13/h6-7,12-13H,1-5H2. The van der Waals surface area contributed by atoms with Crippen LogP contribution in [0.3, 0.4) is 0 Å². The fourth-order valence-electron chi connectivity index (χ4n) is 1.58. The molecule has 1 heterocycles. The lowest BCUT2D eigenvalue weighted by Crippen LogP contribution is -2.18. The minimum absolute atomic E-state index is 0.00218. The number of rotatable bonds is 3. The predicted molar refractivity (Wildman–Crippen MR) is 42.3 cm³/mol. The van der Waals surface area contributed by atoms with E-state index in [1.807, 2.05) is 0 Å². The van der Waals surface area contributed by atoms with E-state index in [9.17, 15) is 18.3 Å². The highest BCUT2D eigenvalue weighted by molar-refractivity contribution is 4.80. The lowest BCUT2D eigenvalue weighted by molar-refractivity contribution is -0.136. The molecule has 1 aliphatic heterocycles. The Kier molecular flexibility index (Phi) is 3.55. The first-order chi connectivity index (χ1) is 5.99. The molecule has 5 heteroatoms. The predicted octanol–water partition coefficient (Wildman–Crippen LogP) is 1.30. The van der Waals surface area contributed by atoms with Gasteiger partial charge in [0.15, 0.2) is 0 Å². The van der Waals surface area contributed by atoms with Crippen LogP contribution in [-0.4, -0.2) is 30.5 Å². The van der Waals surface area contributed by atoms with E-state index in [4.69, 9.17) is 0 Å². The number of nitrogens with one attached hydrogen (secondary N) is 1. The molecule has 1 saturated heterocycles. The maximum Gasteiger partial charge on any atom is 0.389 e. The maximum atomic E-state index is 11.7. The van der Waals surface area contributed by atoms with E-state index in [0.717, 1.165) is 0 Å². The monoisotopic (exact) mass is 197 g/mol. The maximum absolute atomic E-state index is 11.7. The smallest absolute Gasteiger partial charge is 0.389 e. The van der Waals surface area contributed by atoms with E-state index in [-0.39, 0.29) is 12.3 Å². The van der Waals surface area contributed by atoms with Gasteiger partial charge in [-0.15, -0.1) is 0 Å². The van der Waals surface area contributed by atoms with Gasteiger partial charge >= 0.3 is 6.18 Å². The Bertz CT molecular complexity index is 160. The van der Waals surface area contributed by atoms with Crippen LogP contribution in [0.4, 0.5) is 13.2 Å². The van der Waals surface area contributed by atoms with Gasteiger partial charge in [0.2, 0.25) is 0 Å². The molecule has 2 unspecified atom stereocenters. The van der Waals surface area contributed by atoms with Crippen LogP contribution in [0.1, 0.15) is 19.3 Å². The molecule has 2 nitrogen and oxygen atoms in total. The summed E-state index contributed by atoms with van der Waals surface area (Å²) >= 11 is 0. The second kappa shape index (κ2) is 4.28. The largest absolute Gasteiger partial charge is 0.391 e. The van der Waals surface area contributed by atoms with Crippen LogP contribution < -0.4 is 5.32 Å². The molecule has 0 amide bonds. The van der Waals surface area contributed by atoms with Crippen LogP contribution in [-0.2, 0) is 0 Å². The molecule has 0 saturated carbocycles. The molecule has 0 aromatic rings. The summed E-state index contributed by atoms with van der Waals surface area (Å²) in [7, 11) is 0. The number of β-amino-alcohol motifs (C(OH)–C–C–N with tert-alkyl or cyclic N) is 1. The number of hydrogen-bond acceptors (Lipinski definition) is 2. The van der Waals surface area contributed by atoms with E-state index < -0.39 is 18.7 Å². The number of aliphatic hydroxyl groups excluding tert-OH is 1. The lowest BCUT2D eigenvalue weighted by Gasteiger charge is -2.13. The van der Waals surface area contributed by atoms with Crippen molar-refractivity contribution < 1.29 is 18.3 Å². The average Bonchev–Trinajstić information content (AvgIpc) is 2.34. The third kappa shape index (κ3) is 3.95. The van der Waals surface area contributed by atoms with Crippen molar-refractivity contribution in [3.63, 3.8) is 0 Å². The Labute approximate surface area is 75.1 Å². The van der Waals surface area contributed by atoms with Crippen molar-refractivity contribution >= 4 is 0 Å². The van der Waals surface area contributed by atoms with Crippen LogP contribution in [0.2, 0.25) is 0 Å². The summed E-state index contributed by atoms with van der Waals surface area (Å²) in [6, 6.07) is 0. The summed E-state index contributed by atoms with van der Waals surface area (Å²) in [6.45, 7) is 1.15. The Morgan fingerprint density at radius 1 is 1.31 bits per heavy atom. The van der Waals surface area contributed by atoms with Crippen LogP contribution in [0.15, 0.2) is 0 Å². The van der Waals surface area contributed by atoms with Crippen molar-refractivity contribution in [1.82, 2.24) is 5.32 Å². The van der Waals surface area contributed by atoms with Crippen LogP contribution in [0.25, 0.3) is 0 Å². The molecule has 78 valence electrons. The van der Waals surface area contributed by atoms with E-state index in [0.29, 0.717) is 19.5 Å². The molecular formula is C8H14F3NO. The quantitative estimate of drug-likeness (QED) is 0.714. The molecule has 0 aliphatic carbocycles. The molecule has 13 heavy (non-hydrogen) atoms.